The first-order valence-corrected chi connectivity index (χ1v) is 8.72. The number of ether oxygens (including phenoxy) is 1. The molecule has 26 heavy (non-hydrogen) atoms. The van der Waals surface area contributed by atoms with Crippen LogP contribution in [0.15, 0.2) is 54.6 Å². The molecule has 0 amide bonds. The van der Waals surface area contributed by atoms with E-state index in [9.17, 15) is 5.11 Å². The van der Waals surface area contributed by atoms with Gasteiger partial charge in [-0.15, -0.1) is 12.4 Å². The SMILES string of the molecule is COc1ccc(-c2cc(N3CCCC3CO)c3ccccc3n2)cc1.Cl. The number of aliphatic hydroxyl groups excluding tert-OH is 1. The van der Waals surface area contributed by atoms with Gasteiger partial charge in [0, 0.05) is 23.2 Å². The van der Waals surface area contributed by atoms with Gasteiger partial charge in [0.25, 0.3) is 0 Å². The second-order valence-electron chi connectivity index (χ2n) is 6.44. The van der Waals surface area contributed by atoms with Gasteiger partial charge in [0.2, 0.25) is 0 Å². The number of aliphatic hydroxyl groups is 1. The maximum Gasteiger partial charge on any atom is 0.118 e. The zero-order valence-corrected chi connectivity index (χ0v) is 15.6. The normalized spacial score (nSPS) is 16.5. The topological polar surface area (TPSA) is 45.6 Å². The van der Waals surface area contributed by atoms with Gasteiger partial charge in [-0.1, -0.05) is 18.2 Å². The Bertz CT molecular complexity index is 883. The summed E-state index contributed by atoms with van der Waals surface area (Å²) < 4.78 is 5.25. The fourth-order valence-corrected chi connectivity index (χ4v) is 3.65. The number of halogens is 1. The molecule has 4 nitrogen and oxygen atoms in total. The van der Waals surface area contributed by atoms with Crippen molar-refractivity contribution in [1.82, 2.24) is 4.98 Å². The summed E-state index contributed by atoms with van der Waals surface area (Å²) in [5, 5.41) is 10.9. The Labute approximate surface area is 159 Å². The number of rotatable bonds is 4. The van der Waals surface area contributed by atoms with Crippen molar-refractivity contribution >= 4 is 29.0 Å². The Balaban J connectivity index is 0.00000196. The maximum absolute atomic E-state index is 9.74. The largest absolute Gasteiger partial charge is 0.497 e. The zero-order chi connectivity index (χ0) is 17.2. The van der Waals surface area contributed by atoms with Crippen LogP contribution < -0.4 is 9.64 Å². The minimum Gasteiger partial charge on any atom is -0.497 e. The number of nitrogens with zero attached hydrogens (tertiary/aromatic N) is 2. The van der Waals surface area contributed by atoms with E-state index in [2.05, 4.69) is 23.1 Å². The van der Waals surface area contributed by atoms with Gasteiger partial charge in [-0.05, 0) is 49.2 Å². The summed E-state index contributed by atoms with van der Waals surface area (Å²) >= 11 is 0. The van der Waals surface area contributed by atoms with Crippen molar-refractivity contribution < 1.29 is 9.84 Å². The number of pyridine rings is 1. The van der Waals surface area contributed by atoms with E-state index < -0.39 is 0 Å². The number of aromatic nitrogens is 1. The van der Waals surface area contributed by atoms with Gasteiger partial charge < -0.3 is 14.7 Å². The molecule has 1 aliphatic rings. The van der Waals surface area contributed by atoms with E-state index >= 15 is 0 Å². The number of methoxy groups -OCH3 is 1. The van der Waals surface area contributed by atoms with Crippen LogP contribution in [0, 0.1) is 0 Å². The summed E-state index contributed by atoms with van der Waals surface area (Å²) in [5.41, 5.74) is 4.15. The molecule has 5 heteroatoms. The van der Waals surface area contributed by atoms with Crippen LogP contribution in [0.25, 0.3) is 22.2 Å². The highest BCUT2D eigenvalue weighted by molar-refractivity contribution is 5.94. The predicted octanol–water partition coefficient (Wildman–Crippen LogP) is 4.29. The molecule has 3 aromatic rings. The molecule has 0 saturated carbocycles. The highest BCUT2D eigenvalue weighted by Crippen LogP contribution is 2.35. The maximum atomic E-state index is 9.74. The molecular formula is C21H23ClN2O2. The summed E-state index contributed by atoms with van der Waals surface area (Å²) in [5.74, 6) is 0.838. The molecule has 4 rings (SSSR count). The fraction of sp³-hybridized carbons (Fsp3) is 0.286. The minimum atomic E-state index is 0. The van der Waals surface area contributed by atoms with Gasteiger partial charge in [0.15, 0.2) is 0 Å². The molecule has 0 bridgehead atoms. The van der Waals surface area contributed by atoms with E-state index in [1.807, 2.05) is 36.4 Å². The number of hydrogen-bond donors (Lipinski definition) is 1. The minimum absolute atomic E-state index is 0. The molecule has 2 aromatic carbocycles. The first-order chi connectivity index (χ1) is 12.3. The average molecular weight is 371 g/mol. The van der Waals surface area contributed by atoms with E-state index in [4.69, 9.17) is 9.72 Å². The van der Waals surface area contributed by atoms with E-state index in [1.165, 1.54) is 0 Å². The molecule has 1 aromatic heterocycles. The summed E-state index contributed by atoms with van der Waals surface area (Å²) in [7, 11) is 1.67. The van der Waals surface area contributed by atoms with Gasteiger partial charge in [-0.2, -0.15) is 0 Å². The van der Waals surface area contributed by atoms with Crippen molar-refractivity contribution in [1.29, 1.82) is 0 Å². The third kappa shape index (κ3) is 3.35. The second kappa shape index (κ2) is 7.94. The summed E-state index contributed by atoms with van der Waals surface area (Å²) in [6.07, 6.45) is 2.14. The molecule has 1 fully saturated rings. The summed E-state index contributed by atoms with van der Waals surface area (Å²) in [4.78, 5) is 7.18. The number of para-hydroxylation sites is 1. The molecule has 0 spiro atoms. The van der Waals surface area contributed by atoms with Crippen LogP contribution in [-0.2, 0) is 0 Å². The first-order valence-electron chi connectivity index (χ1n) is 8.72. The van der Waals surface area contributed by atoms with Crippen LogP contribution in [-0.4, -0.2) is 36.4 Å². The van der Waals surface area contributed by atoms with E-state index in [1.54, 1.807) is 7.11 Å². The van der Waals surface area contributed by atoms with Gasteiger partial charge in [0.05, 0.1) is 31.0 Å². The van der Waals surface area contributed by atoms with Crippen LogP contribution in [0.2, 0.25) is 0 Å². The molecule has 1 unspecified atom stereocenters. The van der Waals surface area contributed by atoms with E-state index in [0.29, 0.717) is 0 Å². The molecular weight excluding hydrogens is 348 g/mol. The molecule has 0 radical (unpaired) electrons. The molecule has 2 heterocycles. The zero-order valence-electron chi connectivity index (χ0n) is 14.8. The molecule has 0 aliphatic carbocycles. The standard InChI is InChI=1S/C21H22N2O2.ClH/c1-25-17-10-8-15(9-11-17)20-13-21(23-12-4-5-16(23)14-24)18-6-2-3-7-19(18)22-20;/h2-3,6-11,13,16,24H,4-5,12,14H2,1H3;1H. The van der Waals surface area contributed by atoms with Crippen LogP contribution in [0.1, 0.15) is 12.8 Å². The smallest absolute Gasteiger partial charge is 0.118 e. The van der Waals surface area contributed by atoms with Crippen molar-refractivity contribution in [2.24, 2.45) is 0 Å². The van der Waals surface area contributed by atoms with E-state index in [-0.39, 0.29) is 25.1 Å². The van der Waals surface area contributed by atoms with Gasteiger partial charge in [0.1, 0.15) is 5.75 Å². The third-order valence-corrected chi connectivity index (χ3v) is 4.98. The monoisotopic (exact) mass is 370 g/mol. The van der Waals surface area contributed by atoms with Gasteiger partial charge >= 0.3 is 0 Å². The molecule has 136 valence electrons. The Morgan fingerprint density at radius 2 is 1.92 bits per heavy atom. The highest BCUT2D eigenvalue weighted by atomic mass is 35.5. The summed E-state index contributed by atoms with van der Waals surface area (Å²) in [6, 6.07) is 18.6. The third-order valence-electron chi connectivity index (χ3n) is 4.98. The Hall–Kier alpha value is -2.30. The molecule has 1 N–H and O–H groups in total. The molecule has 1 aliphatic heterocycles. The number of benzene rings is 2. The number of hydrogen-bond acceptors (Lipinski definition) is 4. The van der Waals surface area contributed by atoms with Crippen LogP contribution in [0.5, 0.6) is 5.75 Å². The lowest BCUT2D eigenvalue weighted by Crippen LogP contribution is -2.32. The Kier molecular flexibility index (Phi) is 5.64. The fourth-order valence-electron chi connectivity index (χ4n) is 3.65. The van der Waals surface area contributed by atoms with Crippen LogP contribution in [0.4, 0.5) is 5.69 Å². The van der Waals surface area contributed by atoms with Crippen molar-refractivity contribution in [3.63, 3.8) is 0 Å². The van der Waals surface area contributed by atoms with Crippen molar-refractivity contribution in [2.75, 3.05) is 25.2 Å². The van der Waals surface area contributed by atoms with E-state index in [0.717, 1.165) is 53.0 Å². The first kappa shape index (κ1) is 18.5. The molecule has 1 saturated heterocycles. The lowest BCUT2D eigenvalue weighted by molar-refractivity contribution is 0.266. The van der Waals surface area contributed by atoms with Crippen LogP contribution in [0.3, 0.4) is 0 Å². The van der Waals surface area contributed by atoms with Gasteiger partial charge in [-0.3, -0.25) is 0 Å². The Morgan fingerprint density at radius 1 is 1.15 bits per heavy atom. The van der Waals surface area contributed by atoms with Crippen molar-refractivity contribution in [3.8, 4) is 17.0 Å². The number of fused-ring (bicyclic) bond motifs is 1. The lowest BCUT2D eigenvalue weighted by atomic mass is 10.1. The molecule has 1 atom stereocenters. The number of anilines is 1. The average Bonchev–Trinajstić information content (AvgIpc) is 3.16. The van der Waals surface area contributed by atoms with Crippen molar-refractivity contribution in [3.05, 3.63) is 54.6 Å². The quantitative estimate of drug-likeness (QED) is 0.744. The summed E-state index contributed by atoms with van der Waals surface area (Å²) in [6.45, 7) is 1.16. The Morgan fingerprint density at radius 3 is 2.65 bits per heavy atom. The predicted molar refractivity (Wildman–Crippen MR) is 108 cm³/mol. The highest BCUT2D eigenvalue weighted by Gasteiger charge is 2.26. The van der Waals surface area contributed by atoms with Crippen molar-refractivity contribution in [2.45, 2.75) is 18.9 Å². The van der Waals surface area contributed by atoms with Gasteiger partial charge in [-0.25, -0.2) is 4.98 Å². The van der Waals surface area contributed by atoms with Crippen LogP contribution >= 0.6 is 12.4 Å². The lowest BCUT2D eigenvalue weighted by Gasteiger charge is -2.27. The second-order valence-corrected chi connectivity index (χ2v) is 6.44.